The molecule has 0 heterocycles. The Kier molecular flexibility index (Phi) is 15.0. The number of thioether (sulfide) groups is 1. The van der Waals surface area contributed by atoms with Crippen LogP contribution in [0.5, 0.6) is 0 Å². The van der Waals surface area contributed by atoms with E-state index in [2.05, 4.69) is 16.0 Å². The fourth-order valence-corrected chi connectivity index (χ4v) is 5.53. The van der Waals surface area contributed by atoms with E-state index in [0.717, 1.165) is 5.56 Å². The van der Waals surface area contributed by atoms with Crippen LogP contribution >= 0.6 is 11.8 Å². The number of ether oxygens (including phenoxy) is 1. The molecule has 0 aromatic heterocycles. The lowest BCUT2D eigenvalue weighted by atomic mass is 9.76. The number of hydrogen-bond donors (Lipinski definition) is 3. The van der Waals surface area contributed by atoms with Crippen LogP contribution in [0.15, 0.2) is 42.0 Å². The summed E-state index contributed by atoms with van der Waals surface area (Å²) in [6.45, 7) is 15.4. The molecular weight excluding hydrogens is 564 g/mol. The van der Waals surface area contributed by atoms with Gasteiger partial charge in [-0.25, -0.2) is 4.79 Å². The van der Waals surface area contributed by atoms with E-state index in [4.69, 9.17) is 4.74 Å². The molecule has 43 heavy (non-hydrogen) atoms. The molecule has 0 aliphatic rings. The topological polar surface area (TPSA) is 117 Å². The Bertz CT molecular complexity index is 1110. The van der Waals surface area contributed by atoms with Crippen molar-refractivity contribution in [3.63, 3.8) is 0 Å². The molecule has 1 aromatic carbocycles. The second-order valence-electron chi connectivity index (χ2n) is 13.0. The first-order chi connectivity index (χ1) is 19.9. The Balaban J connectivity index is 3.28. The summed E-state index contributed by atoms with van der Waals surface area (Å²) in [6.07, 6.45) is 4.12. The highest BCUT2D eigenvalue weighted by molar-refractivity contribution is 7.98. The van der Waals surface area contributed by atoms with Gasteiger partial charge in [-0.2, -0.15) is 11.8 Å². The van der Waals surface area contributed by atoms with Crippen LogP contribution in [-0.2, 0) is 29.3 Å². The Morgan fingerprint density at radius 1 is 1.00 bits per heavy atom. The maximum atomic E-state index is 14.1. The molecule has 0 bridgehead atoms. The number of methoxy groups -OCH3 is 1. The molecule has 0 fully saturated rings. The maximum absolute atomic E-state index is 14.1. The number of nitrogens with one attached hydrogen (secondary N) is 3. The molecule has 10 heteroatoms. The molecule has 3 N–H and O–H groups in total. The highest BCUT2D eigenvalue weighted by atomic mass is 32.2. The summed E-state index contributed by atoms with van der Waals surface area (Å²) in [6, 6.07) is 7.18. The Morgan fingerprint density at radius 2 is 1.58 bits per heavy atom. The third kappa shape index (κ3) is 10.7. The van der Waals surface area contributed by atoms with E-state index in [9.17, 15) is 19.2 Å². The van der Waals surface area contributed by atoms with Gasteiger partial charge in [-0.3, -0.25) is 14.4 Å². The molecule has 4 atom stereocenters. The lowest BCUT2D eigenvalue weighted by Crippen LogP contribution is -2.61. The highest BCUT2D eigenvalue weighted by Crippen LogP contribution is 2.29. The number of nitrogens with zero attached hydrogens (tertiary/aromatic N) is 1. The van der Waals surface area contributed by atoms with E-state index in [1.54, 1.807) is 43.8 Å². The molecule has 0 saturated heterocycles. The van der Waals surface area contributed by atoms with Crippen LogP contribution in [0, 0.1) is 11.3 Å². The third-order valence-electron chi connectivity index (χ3n) is 7.85. The van der Waals surface area contributed by atoms with Crippen molar-refractivity contribution in [2.24, 2.45) is 11.3 Å². The van der Waals surface area contributed by atoms with Gasteiger partial charge in [-0.15, -0.1) is 0 Å². The number of rotatable bonds is 15. The standard InChI is InChI=1S/C33H54N4O5S/c1-21(2)25(20-22(3)28(38)35-24(18-19-43-12)31(41)42-11)37(10)30(40)27(32(4,5)6)36-29(39)26(34-9)33(7,8)23-16-14-13-15-17-23/h13-17,20-21,24-27,34H,18-19H2,1-12H3,(H,35,38)(H,36,39)/b22-20+/t24?,25-,26-,27-/m1/s1. The fourth-order valence-electron chi connectivity index (χ4n) is 5.06. The van der Waals surface area contributed by atoms with Crippen molar-refractivity contribution in [3.8, 4) is 0 Å². The average molecular weight is 619 g/mol. The largest absolute Gasteiger partial charge is 0.467 e. The normalized spacial score (nSPS) is 15.2. The quantitative estimate of drug-likeness (QED) is 0.202. The second kappa shape index (κ2) is 16.9. The van der Waals surface area contributed by atoms with Gasteiger partial charge in [0.05, 0.1) is 19.2 Å². The van der Waals surface area contributed by atoms with Gasteiger partial charge in [0.25, 0.3) is 0 Å². The van der Waals surface area contributed by atoms with Crippen LogP contribution < -0.4 is 16.0 Å². The number of carbonyl (C=O) groups excluding carboxylic acids is 4. The van der Waals surface area contributed by atoms with Crippen LogP contribution in [0.3, 0.4) is 0 Å². The number of hydrogen-bond acceptors (Lipinski definition) is 7. The SMILES string of the molecule is CN[C@H](C(=O)N[C@H](C(=O)N(C)[C@H](/C=C(\C)C(=O)NC(CCSC)C(=O)OC)C(C)C)C(C)(C)C)C(C)(C)c1ccccc1. The van der Waals surface area contributed by atoms with E-state index in [1.807, 2.05) is 85.1 Å². The summed E-state index contributed by atoms with van der Waals surface area (Å²) in [4.78, 5) is 54.7. The van der Waals surface area contributed by atoms with Crippen LogP contribution in [-0.4, -0.2) is 86.0 Å². The smallest absolute Gasteiger partial charge is 0.328 e. The molecule has 1 unspecified atom stereocenters. The molecule has 0 aliphatic carbocycles. The maximum Gasteiger partial charge on any atom is 0.328 e. The summed E-state index contributed by atoms with van der Waals surface area (Å²) in [7, 11) is 4.73. The minimum atomic E-state index is -0.827. The van der Waals surface area contributed by atoms with Crippen molar-refractivity contribution in [2.75, 3.05) is 33.2 Å². The summed E-state index contributed by atoms with van der Waals surface area (Å²) < 4.78 is 4.87. The van der Waals surface area contributed by atoms with E-state index in [1.165, 1.54) is 7.11 Å². The van der Waals surface area contributed by atoms with Crippen LogP contribution in [0.2, 0.25) is 0 Å². The lowest BCUT2D eigenvalue weighted by molar-refractivity contribution is -0.144. The lowest BCUT2D eigenvalue weighted by Gasteiger charge is -2.40. The fraction of sp³-hybridized carbons (Fsp3) is 0.636. The number of benzene rings is 1. The summed E-state index contributed by atoms with van der Waals surface area (Å²) in [5.74, 6) is -0.785. The first-order valence-corrected chi connectivity index (χ1v) is 16.2. The average Bonchev–Trinajstić information content (AvgIpc) is 2.95. The van der Waals surface area contributed by atoms with Crippen LogP contribution in [0.1, 0.15) is 67.4 Å². The highest BCUT2D eigenvalue weighted by Gasteiger charge is 2.41. The van der Waals surface area contributed by atoms with Gasteiger partial charge in [-0.1, -0.05) is 84.9 Å². The van der Waals surface area contributed by atoms with E-state index in [0.29, 0.717) is 17.7 Å². The summed E-state index contributed by atoms with van der Waals surface area (Å²) in [5.41, 5.74) is 0.233. The van der Waals surface area contributed by atoms with Crippen molar-refractivity contribution in [3.05, 3.63) is 47.5 Å². The van der Waals surface area contributed by atoms with Gasteiger partial charge in [0.2, 0.25) is 17.7 Å². The Hall–Kier alpha value is -2.85. The van der Waals surface area contributed by atoms with Gasteiger partial charge >= 0.3 is 5.97 Å². The number of likely N-dealkylation sites (N-methyl/N-ethyl adjacent to an activating group) is 2. The minimum absolute atomic E-state index is 0.0389. The van der Waals surface area contributed by atoms with Crippen molar-refractivity contribution in [1.29, 1.82) is 0 Å². The minimum Gasteiger partial charge on any atom is -0.467 e. The molecular formula is C33H54N4O5S. The predicted molar refractivity (Wildman–Crippen MR) is 176 cm³/mol. The second-order valence-corrected chi connectivity index (χ2v) is 14.0. The van der Waals surface area contributed by atoms with Gasteiger partial charge in [0.15, 0.2) is 0 Å². The van der Waals surface area contributed by atoms with Gasteiger partial charge in [0, 0.05) is 18.0 Å². The molecule has 0 radical (unpaired) electrons. The van der Waals surface area contributed by atoms with Gasteiger partial charge < -0.3 is 25.6 Å². The van der Waals surface area contributed by atoms with Crippen molar-refractivity contribution < 1.29 is 23.9 Å². The van der Waals surface area contributed by atoms with Crippen molar-refractivity contribution in [1.82, 2.24) is 20.9 Å². The first kappa shape index (κ1) is 38.2. The third-order valence-corrected chi connectivity index (χ3v) is 8.49. The number of carbonyl (C=O) groups is 4. The van der Waals surface area contributed by atoms with Crippen LogP contribution in [0.25, 0.3) is 0 Å². The molecule has 9 nitrogen and oxygen atoms in total. The summed E-state index contributed by atoms with van der Waals surface area (Å²) in [5, 5.41) is 8.99. The molecule has 0 saturated carbocycles. The molecule has 3 amide bonds. The molecule has 1 aromatic rings. The molecule has 1 rings (SSSR count). The van der Waals surface area contributed by atoms with E-state index in [-0.39, 0.29) is 17.7 Å². The zero-order valence-corrected chi connectivity index (χ0v) is 29.0. The molecule has 242 valence electrons. The molecule has 0 aliphatic heterocycles. The molecule has 0 spiro atoms. The number of esters is 1. The first-order valence-electron chi connectivity index (χ1n) is 14.8. The zero-order chi connectivity index (χ0) is 33.1. The predicted octanol–water partition coefficient (Wildman–Crippen LogP) is 3.92. The monoisotopic (exact) mass is 618 g/mol. The Labute approximate surface area is 263 Å². The van der Waals surface area contributed by atoms with Crippen molar-refractivity contribution in [2.45, 2.75) is 91.4 Å². The van der Waals surface area contributed by atoms with Gasteiger partial charge in [-0.05, 0) is 49.3 Å². The summed E-state index contributed by atoms with van der Waals surface area (Å²) >= 11 is 1.58. The van der Waals surface area contributed by atoms with Gasteiger partial charge in [0.1, 0.15) is 12.1 Å². The zero-order valence-electron chi connectivity index (χ0n) is 28.2. The van der Waals surface area contributed by atoms with Crippen molar-refractivity contribution >= 4 is 35.5 Å². The van der Waals surface area contributed by atoms with E-state index >= 15 is 0 Å². The Morgan fingerprint density at radius 3 is 2.05 bits per heavy atom. The van der Waals surface area contributed by atoms with E-state index < -0.39 is 46.9 Å². The van der Waals surface area contributed by atoms with Crippen LogP contribution in [0.4, 0.5) is 0 Å². The number of amides is 3.